The van der Waals surface area contributed by atoms with Crippen LogP contribution in [-0.4, -0.2) is 111 Å². The minimum absolute atomic E-state index is 0. The van der Waals surface area contributed by atoms with E-state index in [0.717, 1.165) is 120 Å². The van der Waals surface area contributed by atoms with E-state index in [1.54, 1.807) is 7.05 Å². The van der Waals surface area contributed by atoms with Gasteiger partial charge in [-0.1, -0.05) is 60.7 Å². The highest BCUT2D eigenvalue weighted by Gasteiger charge is 2.67. The SMILES string of the molecule is C1=CC=CCC=C1.CC(=O)c1ccc(C(F)(F)F)cc1.CNN.CNN1C(=O)C=CC1=O.NN1C(=O)C=CC1=O.O=C(NN1C(=O)C=CC1=O)c1ccc(C(F)(F)F)cc1.O=C(NN1C(=O)[C@@H]2C3C=CC([C@H]4C[C@@H]34)[C@@H]2C1=O)c1ccc(C(F)(F)F)cc1.O=C1C=CC(=O)O1.P.P. The number of Topliss-reactive ketones (excluding diaryl/α,β-unsaturated/α-hetero) is 1. The summed E-state index contributed by atoms with van der Waals surface area (Å²) in [4.78, 5) is 144. The van der Waals surface area contributed by atoms with Gasteiger partial charge in [0.25, 0.3) is 59.1 Å². The number of allylic oxidation sites excluding steroid dienone is 8. The summed E-state index contributed by atoms with van der Waals surface area (Å²) in [6.07, 6.45) is 14.0. The molecule has 3 aromatic carbocycles. The van der Waals surface area contributed by atoms with Crippen LogP contribution in [-0.2, 0) is 71.2 Å². The number of rotatable bonds is 6. The standard InChI is InChI=1S/C19H15F3N2O3.C12H7F3N2O3.C9H7F3O.C7H8.C5H6N2O2.C4H4N2O2.C4H2O3.CH6N2.2H3P/c20-19(21,22)9-3-1-8(2-4-9)16(25)23-24-17(26)14-10-5-6-11(13-7-12(10)13)15(14)18(24)27;13-12(14,15)8-3-1-7(2-4-8)11(20)16-17-9(18)5-6-10(17)19;1-6(13)7-2-4-8(5-3-7)9(10,11)12;1-2-4-6-7-5-3-1;1-6-7-4(8)2-3-5(7)9;5-6-3(7)1-2-4(6)8;5-3-1-2-4(6)7-3;1-3-2;;/h1-6,10-15H,7H2,(H,23,25);1-6H,(H,16,20);2-5H,1H3;1-6H,7H2;2-3,6H,1H3;1-2H,5H2;1-2H;3H,2H2,1H3;2*1H3/t10?,11?,12-,13+,14+,15-;;;;;;;;;. The molecular weight excluding hydrogens is 1330 g/mol. The van der Waals surface area contributed by atoms with Crippen LogP contribution in [0, 0.1) is 35.5 Å². The molecule has 8 atom stereocenters. The highest BCUT2D eigenvalue weighted by Crippen LogP contribution is 2.65. The summed E-state index contributed by atoms with van der Waals surface area (Å²) in [6, 6.07) is 11.2. The number of cyclic esters (lactones) is 2. The number of imide groups is 4. The van der Waals surface area contributed by atoms with E-state index in [4.69, 9.17) is 5.84 Å². The maximum Gasteiger partial charge on any atom is 0.416 e. The maximum absolute atomic E-state index is 12.8. The summed E-state index contributed by atoms with van der Waals surface area (Å²) >= 11 is 0. The van der Waals surface area contributed by atoms with Gasteiger partial charge in [0.05, 0.1) is 28.5 Å². The van der Waals surface area contributed by atoms with E-state index < -0.39 is 106 Å². The molecule has 512 valence electrons. The van der Waals surface area contributed by atoms with Gasteiger partial charge in [-0.3, -0.25) is 74.9 Å². The molecule has 4 unspecified atom stereocenters. The van der Waals surface area contributed by atoms with Crippen LogP contribution in [0.1, 0.15) is 67.5 Å². The van der Waals surface area contributed by atoms with E-state index in [0.29, 0.717) is 21.9 Å². The minimum atomic E-state index is -4.50. The molecule has 2 bridgehead atoms. The number of nitrogens with one attached hydrogen (secondary N) is 4. The van der Waals surface area contributed by atoms with E-state index in [1.165, 1.54) is 38.3 Å². The third-order valence-corrected chi connectivity index (χ3v) is 13.8. The zero-order valence-corrected chi connectivity index (χ0v) is 53.3. The van der Waals surface area contributed by atoms with Gasteiger partial charge in [0.1, 0.15) is 0 Å². The van der Waals surface area contributed by atoms with Gasteiger partial charge < -0.3 is 4.74 Å². The van der Waals surface area contributed by atoms with Gasteiger partial charge >= 0.3 is 30.5 Å². The highest BCUT2D eigenvalue weighted by atomic mass is 31.0. The third-order valence-electron chi connectivity index (χ3n) is 13.8. The predicted octanol–water partition coefficient (Wildman–Crippen LogP) is 5.30. The van der Waals surface area contributed by atoms with Gasteiger partial charge in [0.15, 0.2) is 5.78 Å². The van der Waals surface area contributed by atoms with E-state index >= 15 is 0 Å². The number of halogens is 9. The van der Waals surface area contributed by atoms with Crippen LogP contribution in [0.2, 0.25) is 0 Å². The number of hydrazine groups is 5. The van der Waals surface area contributed by atoms with Crippen LogP contribution < -0.4 is 33.4 Å². The number of nitrogens with zero attached hydrogens (tertiary/aromatic N) is 4. The van der Waals surface area contributed by atoms with Gasteiger partial charge in [0.2, 0.25) is 0 Å². The van der Waals surface area contributed by atoms with E-state index in [2.05, 4.69) is 51.2 Å². The number of ether oxygens (including phenoxy) is 1. The molecule has 10 aliphatic rings. The molecule has 8 N–H and O–H groups in total. The Kier molecular flexibility index (Phi) is 29.6. The Morgan fingerprint density at radius 3 is 1.05 bits per heavy atom. The van der Waals surface area contributed by atoms with Gasteiger partial charge in [-0.15, -0.1) is 0 Å². The van der Waals surface area contributed by atoms with Crippen LogP contribution in [0.25, 0.3) is 0 Å². The van der Waals surface area contributed by atoms with Crippen molar-refractivity contribution in [3.8, 4) is 0 Å². The Morgan fingerprint density at radius 1 is 0.469 bits per heavy atom. The van der Waals surface area contributed by atoms with Crippen molar-refractivity contribution in [1.82, 2.24) is 41.7 Å². The number of nitrogens with two attached hydrogens (primary N) is 2. The molecule has 0 aromatic heterocycles. The summed E-state index contributed by atoms with van der Waals surface area (Å²) in [5.41, 5.74) is 6.60. The summed E-state index contributed by atoms with van der Waals surface area (Å²) in [5, 5.41) is 2.73. The quantitative estimate of drug-likeness (QED) is 0.0174. The zero-order chi connectivity index (χ0) is 70.0. The first-order valence-corrected chi connectivity index (χ1v) is 27.3. The molecule has 24 nitrogen and oxygen atoms in total. The largest absolute Gasteiger partial charge is 0.416 e. The average Bonchev–Trinajstić information content (AvgIpc) is 1.53. The number of amides is 10. The predicted molar refractivity (Wildman–Crippen MR) is 330 cm³/mol. The average molecular weight is 1390 g/mol. The number of benzene rings is 3. The number of ketones is 1. The number of esters is 2. The molecule has 96 heavy (non-hydrogen) atoms. The van der Waals surface area contributed by atoms with Crippen molar-refractivity contribution >= 4 is 96.6 Å². The molecule has 0 spiro atoms. The fourth-order valence-electron chi connectivity index (χ4n) is 9.28. The summed E-state index contributed by atoms with van der Waals surface area (Å²) in [5.74, 6) is 2.68. The van der Waals surface area contributed by atoms with E-state index in [1.807, 2.05) is 29.7 Å². The number of hydrogen-bond acceptors (Lipinski definition) is 18. The second-order valence-electron chi connectivity index (χ2n) is 20.0. The van der Waals surface area contributed by atoms with E-state index in [-0.39, 0.29) is 65.9 Å². The van der Waals surface area contributed by atoms with Gasteiger partial charge in [0, 0.05) is 72.3 Å². The van der Waals surface area contributed by atoms with Crippen molar-refractivity contribution in [2.24, 2.45) is 47.2 Å². The van der Waals surface area contributed by atoms with Crippen LogP contribution in [0.4, 0.5) is 39.5 Å². The number of hydrogen-bond donors (Lipinski definition) is 6. The molecule has 5 aliphatic carbocycles. The van der Waals surface area contributed by atoms with Crippen LogP contribution in [0.15, 0.2) is 170 Å². The Bertz CT molecular complexity index is 3580. The Morgan fingerprint density at radius 2 is 0.781 bits per heavy atom. The Hall–Kier alpha value is -10.0. The Labute approximate surface area is 546 Å². The van der Waals surface area contributed by atoms with Crippen molar-refractivity contribution in [2.45, 2.75) is 38.3 Å². The molecule has 10 amide bonds. The van der Waals surface area contributed by atoms with Crippen LogP contribution >= 0.6 is 19.8 Å². The number of carbonyl (C=O) groups excluding carboxylic acids is 13. The molecule has 0 radical (unpaired) electrons. The monoisotopic (exact) mass is 1390 g/mol. The van der Waals surface area contributed by atoms with Crippen LogP contribution in [0.5, 0.6) is 0 Å². The van der Waals surface area contributed by atoms with Crippen molar-refractivity contribution < 1.29 is 107 Å². The molecular formula is C61H61F9N10O14P2. The molecule has 1 saturated heterocycles. The second kappa shape index (κ2) is 35.5. The lowest BCUT2D eigenvalue weighted by atomic mass is 9.63. The van der Waals surface area contributed by atoms with Crippen molar-refractivity contribution in [3.63, 3.8) is 0 Å². The first-order chi connectivity index (χ1) is 44.1. The van der Waals surface area contributed by atoms with Crippen molar-refractivity contribution in [1.29, 1.82) is 0 Å². The molecule has 3 fully saturated rings. The first-order valence-electron chi connectivity index (χ1n) is 27.3. The smallest absolute Gasteiger partial charge is 0.387 e. The lowest BCUT2D eigenvalue weighted by molar-refractivity contribution is -0.151. The van der Waals surface area contributed by atoms with Gasteiger partial charge in [-0.2, -0.15) is 69.3 Å². The summed E-state index contributed by atoms with van der Waals surface area (Å²) in [6.45, 7) is 1.31. The van der Waals surface area contributed by atoms with Gasteiger partial charge in [-0.25, -0.2) is 30.9 Å². The lowest BCUT2D eigenvalue weighted by Gasteiger charge is -2.37. The number of alkyl halides is 9. The van der Waals surface area contributed by atoms with Crippen molar-refractivity contribution in [3.05, 3.63) is 203 Å². The summed E-state index contributed by atoms with van der Waals surface area (Å²) in [7, 11) is 3.17. The second-order valence-corrected chi connectivity index (χ2v) is 20.0. The minimum Gasteiger partial charge on any atom is -0.387 e. The Balaban J connectivity index is 0.000000308. The fourth-order valence-corrected chi connectivity index (χ4v) is 9.28. The van der Waals surface area contributed by atoms with Crippen LogP contribution in [0.3, 0.4) is 0 Å². The molecule has 2 saturated carbocycles. The molecule has 5 aliphatic heterocycles. The van der Waals surface area contributed by atoms with Gasteiger partial charge in [-0.05, 0) is 111 Å². The summed E-state index contributed by atoms with van der Waals surface area (Å²) < 4.78 is 115. The normalized spacial score (nSPS) is 20.6. The lowest BCUT2D eigenvalue weighted by Crippen LogP contribution is -2.46. The first kappa shape index (κ1) is 80.2. The molecule has 13 rings (SSSR count). The molecule has 35 heteroatoms. The molecule has 3 aromatic rings. The number of carbonyl (C=O) groups is 13. The maximum atomic E-state index is 12.8. The molecule has 5 heterocycles. The topological polar surface area (TPSA) is 344 Å². The third kappa shape index (κ3) is 22.0. The highest BCUT2D eigenvalue weighted by molar-refractivity contribution is 6.92. The zero-order valence-electron chi connectivity index (χ0n) is 50.5. The van der Waals surface area contributed by atoms with Crippen molar-refractivity contribution in [2.75, 3.05) is 14.1 Å². The van der Waals surface area contributed by atoms with E-state index in [9.17, 15) is 102 Å². The fraction of sp³-hybridized carbons (Fsp3) is 0.230.